The molecular weight excluding hydrogens is 395 g/mol. The average Bonchev–Trinajstić information content (AvgIpc) is 3.38. The summed E-state index contributed by atoms with van der Waals surface area (Å²) in [6, 6.07) is 18.0. The van der Waals surface area contributed by atoms with Crippen LogP contribution < -0.4 is 0 Å². The van der Waals surface area contributed by atoms with Crippen molar-refractivity contribution in [3.63, 3.8) is 0 Å². The molecule has 0 N–H and O–H groups in total. The Labute approximate surface area is 179 Å². The number of carbonyl (C=O) groups excluding carboxylic acids is 1. The molecule has 0 unspecified atom stereocenters. The molecule has 1 saturated heterocycles. The molecule has 5 nitrogen and oxygen atoms in total. The van der Waals surface area contributed by atoms with Crippen molar-refractivity contribution in [2.24, 2.45) is 0 Å². The third-order valence-corrected chi connectivity index (χ3v) is 5.71. The van der Waals surface area contributed by atoms with E-state index in [1.807, 2.05) is 29.2 Å². The summed E-state index contributed by atoms with van der Waals surface area (Å²) in [5.41, 5.74) is 2.62. The minimum Gasteiger partial charge on any atom is -0.460 e. The Hall–Kier alpha value is -3.38. The van der Waals surface area contributed by atoms with Gasteiger partial charge in [-0.05, 0) is 60.0 Å². The zero-order valence-corrected chi connectivity index (χ0v) is 17.1. The molecule has 1 amide bonds. The molecule has 5 rings (SSSR count). The summed E-state index contributed by atoms with van der Waals surface area (Å²) in [6.07, 6.45) is 2.43. The predicted octanol–water partition coefficient (Wildman–Crippen LogP) is 5.18. The number of nitrogens with zero attached hydrogens (tertiary/aromatic N) is 2. The van der Waals surface area contributed by atoms with Gasteiger partial charge >= 0.3 is 0 Å². The highest BCUT2D eigenvalue weighted by atomic mass is 19.1. The lowest BCUT2D eigenvalue weighted by atomic mass is 10.0. The second-order valence-electron chi connectivity index (χ2n) is 7.87. The highest BCUT2D eigenvalue weighted by molar-refractivity contribution is 5.91. The van der Waals surface area contributed by atoms with Crippen molar-refractivity contribution in [2.45, 2.75) is 13.0 Å². The van der Waals surface area contributed by atoms with Crippen molar-refractivity contribution in [2.75, 3.05) is 26.2 Å². The first-order chi connectivity index (χ1) is 15.2. The summed E-state index contributed by atoms with van der Waals surface area (Å²) in [5, 5.41) is 1.00. The van der Waals surface area contributed by atoms with Gasteiger partial charge in [0.15, 0.2) is 5.76 Å². The van der Waals surface area contributed by atoms with E-state index in [1.54, 1.807) is 18.2 Å². The normalized spacial score (nSPS) is 15.3. The fourth-order valence-electron chi connectivity index (χ4n) is 4.13. The third kappa shape index (κ3) is 4.25. The minimum absolute atomic E-state index is 0.0551. The summed E-state index contributed by atoms with van der Waals surface area (Å²) >= 11 is 0. The Balaban J connectivity index is 1.27. The summed E-state index contributed by atoms with van der Waals surface area (Å²) in [6.45, 7) is 3.73. The molecular formula is C25H23FN2O3. The first-order valence-corrected chi connectivity index (χ1v) is 10.5. The summed E-state index contributed by atoms with van der Waals surface area (Å²) in [4.78, 5) is 16.7. The van der Waals surface area contributed by atoms with Crippen LogP contribution in [-0.2, 0) is 6.54 Å². The highest BCUT2D eigenvalue weighted by Crippen LogP contribution is 2.28. The number of carbonyl (C=O) groups is 1. The van der Waals surface area contributed by atoms with Crippen molar-refractivity contribution in [3.05, 3.63) is 84.3 Å². The Bertz CT molecular complexity index is 1200. The van der Waals surface area contributed by atoms with E-state index in [4.69, 9.17) is 8.83 Å². The van der Waals surface area contributed by atoms with E-state index >= 15 is 0 Å². The Morgan fingerprint density at radius 1 is 0.935 bits per heavy atom. The van der Waals surface area contributed by atoms with Crippen LogP contribution in [0.2, 0.25) is 0 Å². The standard InChI is InChI=1S/C25H23FN2O3/c26-21-5-1-4-18(15-21)19-7-8-23-20(14-19)16-22(31-23)17-27-9-3-10-28(12-11-27)25(29)24-6-2-13-30-24/h1-2,4-8,13-16H,3,9-12,17H2. The smallest absolute Gasteiger partial charge is 0.289 e. The summed E-state index contributed by atoms with van der Waals surface area (Å²) in [5.74, 6) is 0.976. The molecule has 0 radical (unpaired) electrons. The number of hydrogen-bond acceptors (Lipinski definition) is 4. The van der Waals surface area contributed by atoms with Gasteiger partial charge in [0.2, 0.25) is 0 Å². The first kappa shape index (κ1) is 19.6. The van der Waals surface area contributed by atoms with E-state index in [9.17, 15) is 9.18 Å². The number of hydrogen-bond donors (Lipinski definition) is 0. The van der Waals surface area contributed by atoms with Gasteiger partial charge in [-0.1, -0.05) is 18.2 Å². The van der Waals surface area contributed by atoms with Crippen LogP contribution in [0.5, 0.6) is 0 Å². The van der Waals surface area contributed by atoms with Crippen LogP contribution in [0.4, 0.5) is 4.39 Å². The van der Waals surface area contributed by atoms with Gasteiger partial charge in [0.05, 0.1) is 12.8 Å². The van der Waals surface area contributed by atoms with E-state index in [2.05, 4.69) is 11.0 Å². The molecule has 158 valence electrons. The Morgan fingerprint density at radius 2 is 1.84 bits per heavy atom. The molecule has 3 heterocycles. The minimum atomic E-state index is -0.244. The number of amides is 1. The van der Waals surface area contributed by atoms with Gasteiger partial charge in [-0.15, -0.1) is 0 Å². The van der Waals surface area contributed by atoms with E-state index < -0.39 is 0 Å². The average molecular weight is 418 g/mol. The van der Waals surface area contributed by atoms with Gasteiger partial charge < -0.3 is 13.7 Å². The van der Waals surface area contributed by atoms with Gasteiger partial charge in [0.1, 0.15) is 17.2 Å². The van der Waals surface area contributed by atoms with Crippen LogP contribution in [0.1, 0.15) is 22.7 Å². The van der Waals surface area contributed by atoms with Crippen LogP contribution in [0, 0.1) is 5.82 Å². The van der Waals surface area contributed by atoms with Crippen LogP contribution in [0.3, 0.4) is 0 Å². The first-order valence-electron chi connectivity index (χ1n) is 10.5. The van der Waals surface area contributed by atoms with E-state index in [0.717, 1.165) is 47.4 Å². The number of furan rings is 2. The van der Waals surface area contributed by atoms with Gasteiger partial charge in [-0.2, -0.15) is 0 Å². The second kappa shape index (κ2) is 8.40. The fourth-order valence-corrected chi connectivity index (χ4v) is 4.13. The molecule has 0 aliphatic carbocycles. The lowest BCUT2D eigenvalue weighted by Crippen LogP contribution is -2.34. The molecule has 0 saturated carbocycles. The maximum atomic E-state index is 13.6. The van der Waals surface area contributed by atoms with E-state index in [1.165, 1.54) is 18.4 Å². The molecule has 6 heteroatoms. The SMILES string of the molecule is O=C(c1ccco1)N1CCCN(Cc2cc3cc(-c4cccc(F)c4)ccc3o2)CC1. The van der Waals surface area contributed by atoms with Crippen molar-refractivity contribution in [1.82, 2.24) is 9.80 Å². The van der Waals surface area contributed by atoms with Gasteiger partial charge in [-0.25, -0.2) is 4.39 Å². The van der Waals surface area contributed by atoms with Crippen molar-refractivity contribution in [3.8, 4) is 11.1 Å². The molecule has 31 heavy (non-hydrogen) atoms. The van der Waals surface area contributed by atoms with Crippen LogP contribution in [0.15, 0.2) is 75.8 Å². The maximum Gasteiger partial charge on any atom is 0.289 e. The summed E-state index contributed by atoms with van der Waals surface area (Å²) < 4.78 is 24.9. The van der Waals surface area contributed by atoms with Gasteiger partial charge in [-0.3, -0.25) is 9.69 Å². The third-order valence-electron chi connectivity index (χ3n) is 5.71. The molecule has 2 aromatic carbocycles. The van der Waals surface area contributed by atoms with E-state index in [0.29, 0.717) is 25.4 Å². The van der Waals surface area contributed by atoms with Crippen molar-refractivity contribution >= 4 is 16.9 Å². The second-order valence-corrected chi connectivity index (χ2v) is 7.87. The molecule has 1 aliphatic rings. The highest BCUT2D eigenvalue weighted by Gasteiger charge is 2.22. The zero-order chi connectivity index (χ0) is 21.2. The lowest BCUT2D eigenvalue weighted by Gasteiger charge is -2.20. The zero-order valence-electron chi connectivity index (χ0n) is 17.1. The fraction of sp³-hybridized carbons (Fsp3) is 0.240. The summed E-state index contributed by atoms with van der Waals surface area (Å²) in [7, 11) is 0. The van der Waals surface area contributed by atoms with Crippen LogP contribution in [0.25, 0.3) is 22.1 Å². The predicted molar refractivity (Wildman–Crippen MR) is 116 cm³/mol. The van der Waals surface area contributed by atoms with E-state index in [-0.39, 0.29) is 11.7 Å². The Kier molecular flexibility index (Phi) is 5.30. The lowest BCUT2D eigenvalue weighted by molar-refractivity contribution is 0.0729. The molecule has 1 fully saturated rings. The molecule has 0 atom stereocenters. The van der Waals surface area contributed by atoms with Crippen molar-refractivity contribution in [1.29, 1.82) is 0 Å². The molecule has 2 aromatic heterocycles. The largest absolute Gasteiger partial charge is 0.460 e. The van der Waals surface area contributed by atoms with Crippen LogP contribution in [-0.4, -0.2) is 41.9 Å². The van der Waals surface area contributed by atoms with Gasteiger partial charge in [0.25, 0.3) is 5.91 Å². The number of rotatable bonds is 4. The molecule has 0 spiro atoms. The number of halogens is 1. The topological polar surface area (TPSA) is 49.8 Å². The quantitative estimate of drug-likeness (QED) is 0.458. The maximum absolute atomic E-state index is 13.6. The van der Waals surface area contributed by atoms with Crippen molar-refractivity contribution < 1.29 is 18.0 Å². The van der Waals surface area contributed by atoms with Crippen LogP contribution >= 0.6 is 0 Å². The molecule has 0 bridgehead atoms. The Morgan fingerprint density at radius 3 is 2.68 bits per heavy atom. The number of fused-ring (bicyclic) bond motifs is 1. The monoisotopic (exact) mass is 418 g/mol. The van der Waals surface area contributed by atoms with Gasteiger partial charge in [0, 0.05) is 31.6 Å². The number of benzene rings is 2. The molecule has 4 aromatic rings. The molecule has 1 aliphatic heterocycles.